The van der Waals surface area contributed by atoms with Crippen LogP contribution in [0.4, 0.5) is 5.69 Å². The molecule has 0 spiro atoms. The molecular weight excluding hydrogens is 350 g/mol. The molecule has 2 aromatic carbocycles. The molecule has 1 fully saturated rings. The van der Waals surface area contributed by atoms with Gasteiger partial charge in [0.15, 0.2) is 0 Å². The zero-order valence-corrected chi connectivity index (χ0v) is 16.7. The molecule has 6 nitrogen and oxygen atoms in total. The topological polar surface area (TPSA) is 51.2 Å². The van der Waals surface area contributed by atoms with E-state index < -0.39 is 0 Å². The average Bonchev–Trinajstić information content (AvgIpc) is 2.71. The Labute approximate surface area is 167 Å². The summed E-state index contributed by atoms with van der Waals surface area (Å²) in [6, 6.07) is 18.5. The molecule has 0 saturated carbocycles. The summed E-state index contributed by atoms with van der Waals surface area (Å²) in [6.07, 6.45) is 1.68. The molecule has 1 aliphatic heterocycles. The van der Waals surface area contributed by atoms with Gasteiger partial charge in [0.05, 0.1) is 12.8 Å². The van der Waals surface area contributed by atoms with Crippen LogP contribution in [-0.2, 0) is 11.3 Å². The summed E-state index contributed by atoms with van der Waals surface area (Å²) in [5.41, 5.74) is 6.06. The number of rotatable bonds is 7. The van der Waals surface area contributed by atoms with Crippen LogP contribution in [-0.4, -0.2) is 68.7 Å². The van der Waals surface area contributed by atoms with E-state index in [4.69, 9.17) is 0 Å². The standard InChI is InChI=1S/C22H29N5O/c1-25(2)21-10-8-19(9-11-21)16-23-24-22(28)18-27-14-12-26(13-15-27)17-20-6-4-3-5-7-20/h3-11,16H,12-15,17-18H2,1-2H3,(H,24,28)/b23-16+. The number of anilines is 1. The Kier molecular flexibility index (Phi) is 7.17. The normalized spacial score (nSPS) is 15.6. The Balaban J connectivity index is 1.37. The van der Waals surface area contributed by atoms with E-state index in [1.807, 2.05) is 49.3 Å². The highest BCUT2D eigenvalue weighted by Gasteiger charge is 2.18. The second kappa shape index (κ2) is 10.0. The lowest BCUT2D eigenvalue weighted by Gasteiger charge is -2.34. The largest absolute Gasteiger partial charge is 0.378 e. The maximum absolute atomic E-state index is 12.1. The van der Waals surface area contributed by atoms with Crippen molar-refractivity contribution in [2.24, 2.45) is 5.10 Å². The minimum Gasteiger partial charge on any atom is -0.378 e. The van der Waals surface area contributed by atoms with Gasteiger partial charge in [-0.2, -0.15) is 5.10 Å². The van der Waals surface area contributed by atoms with E-state index in [9.17, 15) is 4.79 Å². The first kappa shape index (κ1) is 20.0. The molecule has 1 amide bonds. The monoisotopic (exact) mass is 379 g/mol. The maximum atomic E-state index is 12.1. The van der Waals surface area contributed by atoms with E-state index in [0.29, 0.717) is 6.54 Å². The van der Waals surface area contributed by atoms with Crippen molar-refractivity contribution in [2.75, 3.05) is 51.7 Å². The van der Waals surface area contributed by atoms with Crippen LogP contribution in [0.2, 0.25) is 0 Å². The first-order valence-corrected chi connectivity index (χ1v) is 9.68. The van der Waals surface area contributed by atoms with Crippen molar-refractivity contribution in [3.63, 3.8) is 0 Å². The molecule has 1 saturated heterocycles. The van der Waals surface area contributed by atoms with Crippen LogP contribution in [0, 0.1) is 0 Å². The number of carbonyl (C=O) groups excluding carboxylic acids is 1. The second-order valence-electron chi connectivity index (χ2n) is 7.32. The fourth-order valence-corrected chi connectivity index (χ4v) is 3.22. The molecule has 1 aliphatic rings. The minimum absolute atomic E-state index is 0.0716. The van der Waals surface area contributed by atoms with Gasteiger partial charge in [-0.15, -0.1) is 0 Å². The Bertz CT molecular complexity index is 765. The molecule has 2 aromatic rings. The van der Waals surface area contributed by atoms with Crippen LogP contribution in [0.3, 0.4) is 0 Å². The number of piperazine rings is 1. The molecule has 6 heteroatoms. The van der Waals surface area contributed by atoms with E-state index in [-0.39, 0.29) is 5.91 Å². The summed E-state index contributed by atoms with van der Waals surface area (Å²) in [5.74, 6) is -0.0716. The van der Waals surface area contributed by atoms with Gasteiger partial charge in [-0.05, 0) is 23.3 Å². The zero-order valence-electron chi connectivity index (χ0n) is 16.7. The predicted octanol–water partition coefficient (Wildman–Crippen LogP) is 2.02. The maximum Gasteiger partial charge on any atom is 0.254 e. The molecule has 0 unspecified atom stereocenters. The molecule has 148 valence electrons. The van der Waals surface area contributed by atoms with Gasteiger partial charge in [0.1, 0.15) is 0 Å². The molecule has 0 aliphatic carbocycles. The fraction of sp³-hybridized carbons (Fsp3) is 0.364. The van der Waals surface area contributed by atoms with Gasteiger partial charge >= 0.3 is 0 Å². The van der Waals surface area contributed by atoms with Crippen molar-refractivity contribution in [3.05, 3.63) is 65.7 Å². The number of hydrazone groups is 1. The molecule has 1 N–H and O–H groups in total. The predicted molar refractivity (Wildman–Crippen MR) is 115 cm³/mol. The lowest BCUT2D eigenvalue weighted by molar-refractivity contribution is -0.122. The van der Waals surface area contributed by atoms with Gasteiger partial charge in [-0.1, -0.05) is 42.5 Å². The highest BCUT2D eigenvalue weighted by Crippen LogP contribution is 2.11. The van der Waals surface area contributed by atoms with Crippen molar-refractivity contribution >= 4 is 17.8 Å². The van der Waals surface area contributed by atoms with Gasteiger partial charge < -0.3 is 4.90 Å². The average molecular weight is 380 g/mol. The molecular formula is C22H29N5O. The van der Waals surface area contributed by atoms with Crippen LogP contribution in [0.25, 0.3) is 0 Å². The lowest BCUT2D eigenvalue weighted by atomic mass is 10.2. The van der Waals surface area contributed by atoms with Gasteiger partial charge in [0.2, 0.25) is 0 Å². The van der Waals surface area contributed by atoms with Gasteiger partial charge in [0.25, 0.3) is 5.91 Å². The number of nitrogens with zero attached hydrogens (tertiary/aromatic N) is 4. The summed E-state index contributed by atoms with van der Waals surface area (Å²) >= 11 is 0. The quantitative estimate of drug-likeness (QED) is 0.591. The third-order valence-corrected chi connectivity index (χ3v) is 4.89. The zero-order chi connectivity index (χ0) is 19.8. The summed E-state index contributed by atoms with van der Waals surface area (Å²) in [7, 11) is 4.01. The van der Waals surface area contributed by atoms with Gasteiger partial charge in [0, 0.05) is 52.5 Å². The van der Waals surface area contributed by atoms with Crippen LogP contribution in [0.15, 0.2) is 59.7 Å². The molecule has 28 heavy (non-hydrogen) atoms. The third-order valence-electron chi connectivity index (χ3n) is 4.89. The van der Waals surface area contributed by atoms with Gasteiger partial charge in [-0.3, -0.25) is 14.6 Å². The number of benzene rings is 2. The van der Waals surface area contributed by atoms with E-state index >= 15 is 0 Å². The summed E-state index contributed by atoms with van der Waals surface area (Å²) in [4.78, 5) is 18.8. The van der Waals surface area contributed by atoms with Gasteiger partial charge in [-0.25, -0.2) is 5.43 Å². The summed E-state index contributed by atoms with van der Waals surface area (Å²) in [5, 5.41) is 4.08. The molecule has 1 heterocycles. The van der Waals surface area contributed by atoms with Crippen LogP contribution in [0.1, 0.15) is 11.1 Å². The number of nitrogens with one attached hydrogen (secondary N) is 1. The molecule has 0 aromatic heterocycles. The van der Waals surface area contributed by atoms with Crippen molar-refractivity contribution in [1.82, 2.24) is 15.2 Å². The van der Waals surface area contributed by atoms with E-state index in [1.54, 1.807) is 6.21 Å². The molecule has 0 bridgehead atoms. The molecule has 3 rings (SSSR count). The van der Waals surface area contributed by atoms with E-state index in [0.717, 1.165) is 44.0 Å². The van der Waals surface area contributed by atoms with Crippen molar-refractivity contribution in [1.29, 1.82) is 0 Å². The number of amides is 1. The number of hydrogen-bond donors (Lipinski definition) is 1. The molecule has 0 atom stereocenters. The smallest absolute Gasteiger partial charge is 0.254 e. The second-order valence-corrected chi connectivity index (χ2v) is 7.32. The van der Waals surface area contributed by atoms with Crippen LogP contribution >= 0.6 is 0 Å². The summed E-state index contributed by atoms with van der Waals surface area (Å²) in [6.45, 7) is 5.10. The first-order valence-electron chi connectivity index (χ1n) is 9.68. The van der Waals surface area contributed by atoms with E-state index in [2.05, 4.69) is 44.6 Å². The van der Waals surface area contributed by atoms with Crippen molar-refractivity contribution in [3.8, 4) is 0 Å². The van der Waals surface area contributed by atoms with Crippen molar-refractivity contribution < 1.29 is 4.79 Å². The number of carbonyl (C=O) groups is 1. The first-order chi connectivity index (χ1) is 13.6. The van der Waals surface area contributed by atoms with E-state index in [1.165, 1.54) is 5.56 Å². The van der Waals surface area contributed by atoms with Crippen LogP contribution in [0.5, 0.6) is 0 Å². The highest BCUT2D eigenvalue weighted by molar-refractivity contribution is 5.83. The fourth-order valence-electron chi connectivity index (χ4n) is 3.22. The number of hydrogen-bond acceptors (Lipinski definition) is 5. The Morgan fingerprint density at radius 2 is 1.64 bits per heavy atom. The highest BCUT2D eigenvalue weighted by atomic mass is 16.2. The Morgan fingerprint density at radius 1 is 1.00 bits per heavy atom. The molecule has 0 radical (unpaired) electrons. The van der Waals surface area contributed by atoms with Crippen molar-refractivity contribution in [2.45, 2.75) is 6.54 Å². The Morgan fingerprint density at radius 3 is 2.29 bits per heavy atom. The third kappa shape index (κ3) is 6.18. The Hall–Kier alpha value is -2.70. The lowest BCUT2D eigenvalue weighted by Crippen LogP contribution is -2.48. The summed E-state index contributed by atoms with van der Waals surface area (Å²) < 4.78 is 0. The minimum atomic E-state index is -0.0716. The SMILES string of the molecule is CN(C)c1ccc(/C=N/NC(=O)CN2CCN(Cc3ccccc3)CC2)cc1. The van der Waals surface area contributed by atoms with Crippen LogP contribution < -0.4 is 10.3 Å².